The zero-order valence-corrected chi connectivity index (χ0v) is 17.2. The third-order valence-corrected chi connectivity index (χ3v) is 7.74. The number of carbonyl (C=O) groups excluding carboxylic acids is 1. The predicted octanol–water partition coefficient (Wildman–Crippen LogP) is 4.35. The molecular weight excluding hydrogens is 338 g/mol. The molecule has 2 bridgehead atoms. The average molecular weight is 372 g/mol. The Kier molecular flexibility index (Phi) is 4.53. The molecule has 1 aliphatic heterocycles. The number of hydrogen-bond donors (Lipinski definition) is 1. The van der Waals surface area contributed by atoms with E-state index in [-0.39, 0.29) is 34.8 Å². The fraction of sp³-hybridized carbons (Fsp3) is 0.696. The van der Waals surface area contributed by atoms with E-state index in [0.717, 1.165) is 18.8 Å². The Morgan fingerprint density at radius 2 is 2.11 bits per heavy atom. The van der Waals surface area contributed by atoms with Gasteiger partial charge in [-0.15, -0.1) is 0 Å². The van der Waals surface area contributed by atoms with Crippen LogP contribution in [0, 0.1) is 28.6 Å². The molecule has 3 fully saturated rings. The van der Waals surface area contributed by atoms with E-state index in [1.54, 1.807) is 7.11 Å². The summed E-state index contributed by atoms with van der Waals surface area (Å²) in [6, 6.07) is 8.53. The van der Waals surface area contributed by atoms with Crippen molar-refractivity contribution in [3.63, 3.8) is 0 Å². The molecule has 1 heterocycles. The SMILES string of the molecule is COc1cccc([C@H]2OCCC34C[C@@H](C[C@H]23)C(C)(C)[C@H]4NC(=O)C(C)C)c1. The largest absolute Gasteiger partial charge is 0.497 e. The molecule has 1 unspecified atom stereocenters. The van der Waals surface area contributed by atoms with Gasteiger partial charge in [-0.05, 0) is 59.6 Å². The quantitative estimate of drug-likeness (QED) is 0.856. The zero-order chi connectivity index (χ0) is 19.4. The van der Waals surface area contributed by atoms with Crippen LogP contribution in [0.1, 0.15) is 58.6 Å². The topological polar surface area (TPSA) is 47.6 Å². The zero-order valence-electron chi connectivity index (χ0n) is 17.2. The molecule has 1 saturated heterocycles. The normalized spacial score (nSPS) is 36.5. The van der Waals surface area contributed by atoms with Gasteiger partial charge in [-0.1, -0.05) is 39.8 Å². The Labute approximate surface area is 163 Å². The molecule has 148 valence electrons. The first kappa shape index (κ1) is 18.8. The van der Waals surface area contributed by atoms with E-state index in [1.807, 2.05) is 26.0 Å². The maximum absolute atomic E-state index is 12.6. The molecule has 2 aliphatic carbocycles. The van der Waals surface area contributed by atoms with Crippen molar-refractivity contribution in [3.05, 3.63) is 29.8 Å². The summed E-state index contributed by atoms with van der Waals surface area (Å²) in [6.45, 7) is 9.42. The molecule has 5 atom stereocenters. The van der Waals surface area contributed by atoms with E-state index in [2.05, 4.69) is 31.3 Å². The summed E-state index contributed by atoms with van der Waals surface area (Å²) in [5, 5.41) is 3.47. The highest BCUT2D eigenvalue weighted by Crippen LogP contribution is 2.70. The van der Waals surface area contributed by atoms with Crippen LogP contribution in [0.5, 0.6) is 5.75 Å². The molecule has 4 heteroatoms. The van der Waals surface area contributed by atoms with Gasteiger partial charge >= 0.3 is 0 Å². The molecule has 4 nitrogen and oxygen atoms in total. The Bertz CT molecular complexity index is 728. The number of benzene rings is 1. The number of amides is 1. The van der Waals surface area contributed by atoms with Crippen LogP contribution in [-0.4, -0.2) is 25.7 Å². The van der Waals surface area contributed by atoms with Crippen molar-refractivity contribution in [1.29, 1.82) is 0 Å². The van der Waals surface area contributed by atoms with E-state index in [9.17, 15) is 4.79 Å². The number of rotatable bonds is 4. The van der Waals surface area contributed by atoms with Crippen LogP contribution in [0.4, 0.5) is 0 Å². The van der Waals surface area contributed by atoms with Crippen LogP contribution >= 0.6 is 0 Å². The molecule has 1 aromatic rings. The summed E-state index contributed by atoms with van der Waals surface area (Å²) in [6.07, 6.45) is 3.52. The molecule has 1 amide bonds. The summed E-state index contributed by atoms with van der Waals surface area (Å²) >= 11 is 0. The second-order valence-electron chi connectivity index (χ2n) is 9.71. The minimum atomic E-state index is 0.0174. The van der Waals surface area contributed by atoms with Gasteiger partial charge in [-0.25, -0.2) is 0 Å². The van der Waals surface area contributed by atoms with Crippen LogP contribution in [0.25, 0.3) is 0 Å². The van der Waals surface area contributed by atoms with Crippen molar-refractivity contribution in [2.45, 2.75) is 59.1 Å². The van der Waals surface area contributed by atoms with Crippen molar-refractivity contribution in [3.8, 4) is 5.75 Å². The van der Waals surface area contributed by atoms with Crippen molar-refractivity contribution >= 4 is 5.91 Å². The first-order chi connectivity index (χ1) is 12.8. The highest BCUT2D eigenvalue weighted by Gasteiger charge is 2.68. The first-order valence-corrected chi connectivity index (χ1v) is 10.4. The molecule has 0 aromatic heterocycles. The fourth-order valence-electron chi connectivity index (χ4n) is 6.24. The van der Waals surface area contributed by atoms with Crippen LogP contribution < -0.4 is 10.1 Å². The van der Waals surface area contributed by atoms with Crippen LogP contribution in [0.3, 0.4) is 0 Å². The smallest absolute Gasteiger partial charge is 0.222 e. The van der Waals surface area contributed by atoms with E-state index >= 15 is 0 Å². The number of methoxy groups -OCH3 is 1. The van der Waals surface area contributed by atoms with Crippen LogP contribution in [0.15, 0.2) is 24.3 Å². The lowest BCUT2D eigenvalue weighted by Gasteiger charge is -2.53. The fourth-order valence-corrected chi connectivity index (χ4v) is 6.24. The number of fused-ring (bicyclic) bond motifs is 1. The van der Waals surface area contributed by atoms with Gasteiger partial charge in [0.05, 0.1) is 13.2 Å². The van der Waals surface area contributed by atoms with E-state index in [1.165, 1.54) is 18.4 Å². The second-order valence-corrected chi connectivity index (χ2v) is 9.71. The third kappa shape index (κ3) is 2.79. The Balaban J connectivity index is 1.68. The molecular formula is C23H33NO3. The molecule has 4 rings (SSSR count). The first-order valence-electron chi connectivity index (χ1n) is 10.4. The lowest BCUT2D eigenvalue weighted by molar-refractivity contribution is -0.139. The molecule has 2 saturated carbocycles. The van der Waals surface area contributed by atoms with Crippen molar-refractivity contribution in [1.82, 2.24) is 5.32 Å². The summed E-state index contributed by atoms with van der Waals surface area (Å²) < 4.78 is 11.8. The van der Waals surface area contributed by atoms with Gasteiger partial charge in [-0.3, -0.25) is 4.79 Å². The molecule has 3 aliphatic rings. The average Bonchev–Trinajstić information content (AvgIpc) is 3.14. The van der Waals surface area contributed by atoms with Crippen molar-refractivity contribution in [2.75, 3.05) is 13.7 Å². The van der Waals surface area contributed by atoms with Gasteiger partial charge in [0.1, 0.15) is 5.75 Å². The monoisotopic (exact) mass is 371 g/mol. The second kappa shape index (κ2) is 6.51. The molecule has 1 aromatic carbocycles. The van der Waals surface area contributed by atoms with E-state index in [4.69, 9.17) is 9.47 Å². The third-order valence-electron chi connectivity index (χ3n) is 7.74. The molecule has 0 radical (unpaired) electrons. The minimum absolute atomic E-state index is 0.0174. The van der Waals surface area contributed by atoms with Gasteiger partial charge in [0, 0.05) is 18.6 Å². The molecule has 1 spiro atoms. The Morgan fingerprint density at radius 3 is 2.81 bits per heavy atom. The van der Waals surface area contributed by atoms with Gasteiger partial charge in [0.15, 0.2) is 0 Å². The number of carbonyl (C=O) groups is 1. The van der Waals surface area contributed by atoms with E-state index in [0.29, 0.717) is 11.8 Å². The standard InChI is InChI=1S/C23H33NO3/c1-14(2)20(25)24-21-22(3,4)16-12-18-19(27-10-9-23(18,21)13-16)15-7-6-8-17(11-15)26-5/h6-8,11,14,16,18-19,21H,9-10,12-13H2,1-5H3,(H,24,25)/t16-,18-,19-,21-,23?/m1/s1. The minimum Gasteiger partial charge on any atom is -0.497 e. The maximum atomic E-state index is 12.6. The van der Waals surface area contributed by atoms with Crippen LogP contribution in [-0.2, 0) is 9.53 Å². The maximum Gasteiger partial charge on any atom is 0.222 e. The van der Waals surface area contributed by atoms with Gasteiger partial charge in [-0.2, -0.15) is 0 Å². The van der Waals surface area contributed by atoms with Gasteiger partial charge < -0.3 is 14.8 Å². The summed E-state index contributed by atoms with van der Waals surface area (Å²) in [7, 11) is 1.71. The van der Waals surface area contributed by atoms with E-state index < -0.39 is 0 Å². The number of ether oxygens (including phenoxy) is 2. The summed E-state index contributed by atoms with van der Waals surface area (Å²) in [5.74, 6) is 2.16. The van der Waals surface area contributed by atoms with Gasteiger partial charge in [0.2, 0.25) is 5.91 Å². The lowest BCUT2D eigenvalue weighted by Crippen LogP contribution is -2.59. The Morgan fingerprint density at radius 1 is 1.33 bits per heavy atom. The predicted molar refractivity (Wildman–Crippen MR) is 106 cm³/mol. The summed E-state index contributed by atoms with van der Waals surface area (Å²) in [5.41, 5.74) is 1.49. The van der Waals surface area contributed by atoms with Gasteiger partial charge in [0.25, 0.3) is 0 Å². The molecule has 27 heavy (non-hydrogen) atoms. The number of nitrogens with one attached hydrogen (secondary N) is 1. The van der Waals surface area contributed by atoms with Crippen molar-refractivity contribution in [2.24, 2.45) is 28.6 Å². The summed E-state index contributed by atoms with van der Waals surface area (Å²) in [4.78, 5) is 12.6. The van der Waals surface area contributed by atoms with Crippen molar-refractivity contribution < 1.29 is 14.3 Å². The highest BCUT2D eigenvalue weighted by atomic mass is 16.5. The molecule has 1 N–H and O–H groups in total. The number of hydrogen-bond acceptors (Lipinski definition) is 3. The Hall–Kier alpha value is -1.55. The highest BCUT2D eigenvalue weighted by molar-refractivity contribution is 5.78. The lowest BCUT2D eigenvalue weighted by atomic mass is 9.58. The van der Waals surface area contributed by atoms with Crippen LogP contribution in [0.2, 0.25) is 0 Å².